The van der Waals surface area contributed by atoms with E-state index in [0.29, 0.717) is 5.21 Å². The first kappa shape index (κ1) is 29.0. The summed E-state index contributed by atoms with van der Waals surface area (Å²) in [6.07, 6.45) is -5.13. The molecule has 1 saturated heterocycles. The predicted molar refractivity (Wildman–Crippen MR) is 126 cm³/mol. The van der Waals surface area contributed by atoms with Crippen LogP contribution in [0.4, 0.5) is 0 Å². The van der Waals surface area contributed by atoms with Crippen LogP contribution in [0.2, 0.25) is 16.6 Å². The molecule has 0 amide bonds. The summed E-state index contributed by atoms with van der Waals surface area (Å²) in [7, 11) is 1.50. The second kappa shape index (κ2) is 12.1. The molecule has 10 nitrogen and oxygen atoms in total. The van der Waals surface area contributed by atoms with Crippen LogP contribution in [0.3, 0.4) is 0 Å². The van der Waals surface area contributed by atoms with E-state index in [1.807, 2.05) is 18.3 Å². The maximum absolute atomic E-state index is 12.3. The van der Waals surface area contributed by atoms with Crippen molar-refractivity contribution < 1.29 is 46.2 Å². The molecule has 5 atom stereocenters. The first-order valence-electron chi connectivity index (χ1n) is 10.5. The first-order valence-corrected chi connectivity index (χ1v) is 19.6. The molecular weight excluding hydrogens is 551 g/mol. The molecule has 0 aliphatic carbocycles. The molecule has 1 heterocycles. The van der Waals surface area contributed by atoms with Crippen LogP contribution < -0.4 is 0 Å². The number of aliphatic hydroxyl groups excluding tert-OH is 1. The predicted octanol–water partition coefficient (Wildman–Crippen LogP) is 2.07. The third-order valence-corrected chi connectivity index (χ3v) is 9.34. The molecule has 1 aliphatic rings. The van der Waals surface area contributed by atoms with Crippen LogP contribution in [0.25, 0.3) is 0 Å². The molecule has 0 radical (unpaired) electrons. The third kappa shape index (κ3) is 9.07. The van der Waals surface area contributed by atoms with Crippen LogP contribution in [0.15, 0.2) is 29.2 Å². The van der Waals surface area contributed by atoms with Crippen molar-refractivity contribution in [3.8, 4) is 0 Å². The molecule has 2 rings (SSSR count). The van der Waals surface area contributed by atoms with Gasteiger partial charge in [0.1, 0.15) is 0 Å². The van der Waals surface area contributed by atoms with Crippen LogP contribution in [-0.2, 0) is 42.8 Å². The van der Waals surface area contributed by atoms with Gasteiger partial charge in [-0.05, 0) is 6.92 Å². The molecule has 0 spiro atoms. The number of aryl methyl sites for hydroxylation is 1. The Morgan fingerprint density at radius 2 is 1.65 bits per heavy atom. The van der Waals surface area contributed by atoms with Crippen molar-refractivity contribution in [2.45, 2.75) is 73.0 Å². The monoisotopic (exact) mass is 582 g/mol. The zero-order valence-corrected chi connectivity index (χ0v) is 23.2. The maximum atomic E-state index is 12.3. The van der Waals surface area contributed by atoms with Crippen LogP contribution in [0, 0.1) is 6.92 Å². The Bertz CT molecular complexity index is 1000. The van der Waals surface area contributed by atoms with Gasteiger partial charge in [0.05, 0.1) is 0 Å². The fraction of sp³-hybridized carbons (Fsp3) is 0.619. The Morgan fingerprint density at radius 1 is 1.09 bits per heavy atom. The first-order chi connectivity index (χ1) is 15.7. The molecule has 192 valence electrons. The summed E-state index contributed by atoms with van der Waals surface area (Å²) in [6, 6.07) is 6.07. The SMILES string of the molecule is CC(=O)O[C@H]1[C@H](OC[C@H](O)COS(=O)(=O)c2ccc(C)cc2)O[C@H](C[As](C)(C)=S)[C@H]1OC(C)=O. The number of esters is 2. The topological polar surface area (TPSA) is 135 Å². The van der Waals surface area contributed by atoms with Crippen molar-refractivity contribution in [1.29, 1.82) is 0 Å². The fourth-order valence-corrected chi connectivity index (χ4v) is 7.39. The summed E-state index contributed by atoms with van der Waals surface area (Å²) in [5, 5.41) is 10.7. The molecule has 34 heavy (non-hydrogen) atoms. The molecule has 1 fully saturated rings. The van der Waals surface area contributed by atoms with E-state index in [9.17, 15) is 23.1 Å². The number of hydrogen-bond acceptors (Lipinski definition) is 11. The number of aliphatic hydroxyl groups is 1. The van der Waals surface area contributed by atoms with E-state index in [-0.39, 0.29) is 11.5 Å². The standard InChI is InChI=1S/C21H31AsO10S2/c1-13-6-8-17(9-7-13)34(26,27)29-12-16(25)11-28-21-20(31-15(3)24)19(30-14(2)23)18(32-21)10-22(4,5)33/h6-9,16,18-21,25H,10-12H2,1-5H3/t16-,18+,19+,20+,21+/m0/s1. The van der Waals surface area contributed by atoms with Gasteiger partial charge in [0.25, 0.3) is 0 Å². The molecule has 0 aromatic heterocycles. The summed E-state index contributed by atoms with van der Waals surface area (Å²) in [5.74, 6) is -1.22. The van der Waals surface area contributed by atoms with Gasteiger partial charge in [-0.2, -0.15) is 0 Å². The normalized spacial score (nSPS) is 23.9. The Labute approximate surface area is 206 Å². The number of benzene rings is 1. The van der Waals surface area contributed by atoms with Gasteiger partial charge in [-0.15, -0.1) is 0 Å². The van der Waals surface area contributed by atoms with Gasteiger partial charge in [-0.3, -0.25) is 0 Å². The van der Waals surface area contributed by atoms with E-state index >= 15 is 0 Å². The summed E-state index contributed by atoms with van der Waals surface area (Å²) in [5.41, 5.74) is 4.82. The molecule has 1 aliphatic heterocycles. The molecule has 1 aromatic rings. The van der Waals surface area contributed by atoms with Gasteiger partial charge < -0.3 is 0 Å². The van der Waals surface area contributed by atoms with E-state index in [0.717, 1.165) is 5.56 Å². The molecule has 1 aromatic carbocycles. The van der Waals surface area contributed by atoms with Crippen LogP contribution in [0.1, 0.15) is 19.4 Å². The quantitative estimate of drug-likeness (QED) is 0.233. The van der Waals surface area contributed by atoms with E-state index in [2.05, 4.69) is 0 Å². The molecule has 0 bridgehead atoms. The number of carbonyl (C=O) groups is 2. The third-order valence-electron chi connectivity index (χ3n) is 4.67. The van der Waals surface area contributed by atoms with Crippen LogP contribution in [0.5, 0.6) is 0 Å². The molecule has 1 N–H and O–H groups in total. The van der Waals surface area contributed by atoms with Crippen LogP contribution in [-0.4, -0.2) is 81.3 Å². The van der Waals surface area contributed by atoms with Gasteiger partial charge in [-0.25, -0.2) is 0 Å². The van der Waals surface area contributed by atoms with Gasteiger partial charge in [0.2, 0.25) is 0 Å². The van der Waals surface area contributed by atoms with Gasteiger partial charge in [0.15, 0.2) is 0 Å². The van der Waals surface area contributed by atoms with Gasteiger partial charge in [0, 0.05) is 0 Å². The minimum atomic E-state index is -4.07. The van der Waals surface area contributed by atoms with Crippen molar-refractivity contribution in [2.75, 3.05) is 13.2 Å². The Morgan fingerprint density at radius 3 is 2.18 bits per heavy atom. The van der Waals surface area contributed by atoms with Gasteiger partial charge in [-0.1, -0.05) is 17.7 Å². The average molecular weight is 583 g/mol. The van der Waals surface area contributed by atoms with Crippen molar-refractivity contribution in [3.05, 3.63) is 29.8 Å². The number of ether oxygens (including phenoxy) is 4. The van der Waals surface area contributed by atoms with E-state index in [1.54, 1.807) is 12.1 Å². The fourth-order valence-electron chi connectivity index (χ4n) is 3.25. The summed E-state index contributed by atoms with van der Waals surface area (Å²) >= 11 is -2.44. The van der Waals surface area contributed by atoms with E-state index in [1.165, 1.54) is 26.0 Å². The van der Waals surface area contributed by atoms with E-state index < -0.39 is 71.2 Å². The zero-order chi connectivity index (χ0) is 25.7. The molecule has 0 saturated carbocycles. The second-order valence-electron chi connectivity index (χ2n) is 8.49. The Hall–Kier alpha value is -1.27. The summed E-state index contributed by atoms with van der Waals surface area (Å²) in [6.45, 7) is 3.29. The van der Waals surface area contributed by atoms with Crippen molar-refractivity contribution >= 4 is 44.3 Å². The number of carbonyl (C=O) groups excluding carboxylic acids is 2. The van der Waals surface area contributed by atoms with Crippen molar-refractivity contribution in [2.24, 2.45) is 0 Å². The summed E-state index contributed by atoms with van der Waals surface area (Å²) in [4.78, 5) is 23.3. The molecular formula is C21H31AsO10S2. The molecule has 13 heteroatoms. The summed E-state index contributed by atoms with van der Waals surface area (Å²) < 4.78 is 51.6. The molecule has 0 unspecified atom stereocenters. The average Bonchev–Trinajstić information content (AvgIpc) is 2.99. The Balaban J connectivity index is 2.04. The van der Waals surface area contributed by atoms with Crippen molar-refractivity contribution in [1.82, 2.24) is 0 Å². The second-order valence-corrected chi connectivity index (χ2v) is 22.6. The van der Waals surface area contributed by atoms with Gasteiger partial charge >= 0.3 is 182 Å². The zero-order valence-electron chi connectivity index (χ0n) is 19.7. The van der Waals surface area contributed by atoms with Crippen molar-refractivity contribution in [3.63, 3.8) is 0 Å². The minimum absolute atomic E-state index is 0.0379. The Kier molecular flexibility index (Phi) is 10.3. The number of rotatable bonds is 11. The number of hydrogen-bond donors (Lipinski definition) is 1. The van der Waals surface area contributed by atoms with E-state index in [4.69, 9.17) is 33.5 Å². The van der Waals surface area contributed by atoms with Crippen LogP contribution >= 0.6 is 10.4 Å².